The molecule has 1 aromatic carbocycles. The van der Waals surface area contributed by atoms with E-state index < -0.39 is 0 Å². The first-order chi connectivity index (χ1) is 9.74. The van der Waals surface area contributed by atoms with Crippen molar-refractivity contribution in [2.24, 2.45) is 5.92 Å². The van der Waals surface area contributed by atoms with Crippen molar-refractivity contribution < 1.29 is 0 Å². The predicted octanol–water partition coefficient (Wildman–Crippen LogP) is 3.47. The van der Waals surface area contributed by atoms with Crippen molar-refractivity contribution >= 4 is 22.7 Å². The number of para-hydroxylation sites is 1. The molecule has 4 nitrogen and oxygen atoms in total. The van der Waals surface area contributed by atoms with Gasteiger partial charge in [-0.1, -0.05) is 18.2 Å². The van der Waals surface area contributed by atoms with Crippen LogP contribution in [-0.4, -0.2) is 15.7 Å². The molecule has 2 aromatic rings. The van der Waals surface area contributed by atoms with Gasteiger partial charge in [-0.2, -0.15) is 10.5 Å². The number of nitriles is 2. The Morgan fingerprint density at radius 2 is 2.05 bits per heavy atom. The average Bonchev–Trinajstić information content (AvgIpc) is 2.47. The molecule has 0 saturated carbocycles. The molecule has 1 aromatic heterocycles. The number of nitrogens with zero attached hydrogens (tertiary/aromatic N) is 4. The number of aromatic nitrogens is 2. The summed E-state index contributed by atoms with van der Waals surface area (Å²) in [6.45, 7) is 1.87. The van der Waals surface area contributed by atoms with E-state index in [0.29, 0.717) is 18.6 Å². The molecule has 5 heteroatoms. The maximum atomic E-state index is 9.09. The van der Waals surface area contributed by atoms with Crippen molar-refractivity contribution in [1.82, 2.24) is 9.97 Å². The number of thioether (sulfide) groups is 1. The molecule has 0 unspecified atom stereocenters. The van der Waals surface area contributed by atoms with Gasteiger partial charge >= 0.3 is 0 Å². The van der Waals surface area contributed by atoms with Crippen LogP contribution in [0.4, 0.5) is 0 Å². The summed E-state index contributed by atoms with van der Waals surface area (Å²) in [7, 11) is 0. The molecule has 0 aliphatic heterocycles. The number of hydrogen-bond acceptors (Lipinski definition) is 5. The van der Waals surface area contributed by atoms with Gasteiger partial charge in [0.1, 0.15) is 10.9 Å². The van der Waals surface area contributed by atoms with E-state index in [1.807, 2.05) is 31.2 Å². The molecule has 0 radical (unpaired) electrons. The number of fused-ring (bicyclic) bond motifs is 1. The number of benzene rings is 1. The van der Waals surface area contributed by atoms with Gasteiger partial charge in [0.05, 0.1) is 23.6 Å². The standard InChI is InChI=1S/C15H14N4S/c1-11-18-14-7-3-2-6-13(14)15(19-11)20-10-12(9-17)5-4-8-16/h2-3,6-7,12H,4-5,10H2,1H3/t12-/m1/s1. The van der Waals surface area contributed by atoms with Crippen LogP contribution in [0.15, 0.2) is 29.3 Å². The molecule has 20 heavy (non-hydrogen) atoms. The molecular weight excluding hydrogens is 268 g/mol. The second-order valence-electron chi connectivity index (χ2n) is 4.43. The second-order valence-corrected chi connectivity index (χ2v) is 5.44. The Bertz CT molecular complexity index is 684. The van der Waals surface area contributed by atoms with Crippen LogP contribution in [0.3, 0.4) is 0 Å². The van der Waals surface area contributed by atoms with E-state index >= 15 is 0 Å². The zero-order chi connectivity index (χ0) is 14.4. The lowest BCUT2D eigenvalue weighted by atomic mass is 10.1. The van der Waals surface area contributed by atoms with E-state index in [2.05, 4.69) is 22.1 Å². The van der Waals surface area contributed by atoms with Gasteiger partial charge in [0.2, 0.25) is 0 Å². The van der Waals surface area contributed by atoms with Gasteiger partial charge in [0.15, 0.2) is 0 Å². The molecule has 2 rings (SSSR count). The zero-order valence-corrected chi connectivity index (χ0v) is 12.0. The smallest absolute Gasteiger partial charge is 0.127 e. The first-order valence-electron chi connectivity index (χ1n) is 6.37. The average molecular weight is 282 g/mol. The summed E-state index contributed by atoms with van der Waals surface area (Å²) < 4.78 is 0. The number of hydrogen-bond donors (Lipinski definition) is 0. The molecular formula is C15H14N4S. The van der Waals surface area contributed by atoms with Crippen LogP contribution in [0.25, 0.3) is 10.9 Å². The summed E-state index contributed by atoms with van der Waals surface area (Å²) in [6.07, 6.45) is 1.03. The van der Waals surface area contributed by atoms with Crippen molar-refractivity contribution in [3.05, 3.63) is 30.1 Å². The number of aryl methyl sites for hydroxylation is 1. The first kappa shape index (κ1) is 14.3. The van der Waals surface area contributed by atoms with Crippen LogP contribution in [0.1, 0.15) is 18.7 Å². The molecule has 1 atom stereocenters. The molecule has 1 heterocycles. The quantitative estimate of drug-likeness (QED) is 0.620. The summed E-state index contributed by atoms with van der Waals surface area (Å²) in [4.78, 5) is 8.87. The zero-order valence-electron chi connectivity index (χ0n) is 11.2. The maximum Gasteiger partial charge on any atom is 0.127 e. The fourth-order valence-electron chi connectivity index (χ4n) is 1.87. The van der Waals surface area contributed by atoms with Gasteiger partial charge in [0, 0.05) is 17.6 Å². The number of rotatable bonds is 5. The molecule has 0 amide bonds. The van der Waals surface area contributed by atoms with Crippen LogP contribution in [-0.2, 0) is 0 Å². The Labute approximate surface area is 122 Å². The highest BCUT2D eigenvalue weighted by Gasteiger charge is 2.11. The summed E-state index contributed by atoms with van der Waals surface area (Å²) in [5.41, 5.74) is 0.924. The van der Waals surface area contributed by atoms with E-state index in [9.17, 15) is 0 Å². The maximum absolute atomic E-state index is 9.09. The van der Waals surface area contributed by atoms with Crippen molar-refractivity contribution in [2.75, 3.05) is 5.75 Å². The normalized spacial score (nSPS) is 11.8. The largest absolute Gasteiger partial charge is 0.233 e. The third-order valence-electron chi connectivity index (χ3n) is 2.89. The van der Waals surface area contributed by atoms with Gasteiger partial charge in [-0.3, -0.25) is 0 Å². The molecule has 0 saturated heterocycles. The van der Waals surface area contributed by atoms with Gasteiger partial charge in [0.25, 0.3) is 0 Å². The first-order valence-corrected chi connectivity index (χ1v) is 7.36. The Balaban J connectivity index is 2.17. The van der Waals surface area contributed by atoms with Gasteiger partial charge in [-0.05, 0) is 19.4 Å². The van der Waals surface area contributed by atoms with Gasteiger partial charge < -0.3 is 0 Å². The highest BCUT2D eigenvalue weighted by molar-refractivity contribution is 7.99. The minimum atomic E-state index is -0.117. The fourth-order valence-corrected chi connectivity index (χ4v) is 3.00. The molecule has 0 spiro atoms. The Kier molecular flexibility index (Phi) is 4.92. The monoisotopic (exact) mass is 282 g/mol. The molecule has 0 fully saturated rings. The minimum absolute atomic E-state index is 0.117. The Morgan fingerprint density at radius 3 is 2.80 bits per heavy atom. The van der Waals surface area contributed by atoms with Crippen LogP contribution in [0.2, 0.25) is 0 Å². The molecule has 0 aliphatic rings. The second kappa shape index (κ2) is 6.88. The van der Waals surface area contributed by atoms with Crippen molar-refractivity contribution in [2.45, 2.75) is 24.8 Å². The van der Waals surface area contributed by atoms with Gasteiger partial charge in [-0.25, -0.2) is 9.97 Å². The van der Waals surface area contributed by atoms with Crippen LogP contribution in [0.5, 0.6) is 0 Å². The van der Waals surface area contributed by atoms with E-state index in [1.54, 1.807) is 11.8 Å². The van der Waals surface area contributed by atoms with Crippen molar-refractivity contribution in [1.29, 1.82) is 10.5 Å². The molecule has 0 bridgehead atoms. The Hall–Kier alpha value is -2.11. The highest BCUT2D eigenvalue weighted by Crippen LogP contribution is 2.27. The third-order valence-corrected chi connectivity index (χ3v) is 4.04. The lowest BCUT2D eigenvalue weighted by Crippen LogP contribution is -2.01. The summed E-state index contributed by atoms with van der Waals surface area (Å²) in [5.74, 6) is 1.27. The van der Waals surface area contributed by atoms with Crippen LogP contribution < -0.4 is 0 Å². The van der Waals surface area contributed by atoms with Crippen molar-refractivity contribution in [3.8, 4) is 12.1 Å². The van der Waals surface area contributed by atoms with E-state index in [-0.39, 0.29) is 5.92 Å². The van der Waals surface area contributed by atoms with Gasteiger partial charge in [-0.15, -0.1) is 11.8 Å². The predicted molar refractivity (Wildman–Crippen MR) is 78.9 cm³/mol. The lowest BCUT2D eigenvalue weighted by Gasteiger charge is -2.09. The van der Waals surface area contributed by atoms with Crippen LogP contribution >= 0.6 is 11.8 Å². The third kappa shape index (κ3) is 3.46. The van der Waals surface area contributed by atoms with E-state index in [4.69, 9.17) is 10.5 Å². The Morgan fingerprint density at radius 1 is 1.25 bits per heavy atom. The van der Waals surface area contributed by atoms with Crippen LogP contribution in [0, 0.1) is 35.5 Å². The van der Waals surface area contributed by atoms with E-state index in [1.165, 1.54) is 0 Å². The molecule has 0 N–H and O–H groups in total. The minimum Gasteiger partial charge on any atom is -0.233 e. The fraction of sp³-hybridized carbons (Fsp3) is 0.333. The SMILES string of the molecule is Cc1nc(SC[C@@H](C#N)CCC#N)c2ccccc2n1. The lowest BCUT2D eigenvalue weighted by molar-refractivity contribution is 0.685. The van der Waals surface area contributed by atoms with Crippen molar-refractivity contribution in [3.63, 3.8) is 0 Å². The summed E-state index contributed by atoms with van der Waals surface area (Å²) in [5, 5.41) is 19.6. The summed E-state index contributed by atoms with van der Waals surface area (Å²) >= 11 is 1.56. The van der Waals surface area contributed by atoms with E-state index in [0.717, 1.165) is 21.8 Å². The topological polar surface area (TPSA) is 73.4 Å². The summed E-state index contributed by atoms with van der Waals surface area (Å²) in [6, 6.07) is 12.2. The molecule has 100 valence electrons. The molecule has 0 aliphatic carbocycles. The highest BCUT2D eigenvalue weighted by atomic mass is 32.2.